The lowest BCUT2D eigenvalue weighted by Gasteiger charge is -2.17. The van der Waals surface area contributed by atoms with Gasteiger partial charge in [-0.05, 0) is 12.6 Å². The van der Waals surface area contributed by atoms with Gasteiger partial charge in [-0.1, -0.05) is 31.4 Å². The smallest absolute Gasteiger partial charge is 0.0701 e. The highest BCUT2D eigenvalue weighted by Crippen LogP contribution is 1.99. The van der Waals surface area contributed by atoms with Crippen LogP contribution in [0, 0.1) is 0 Å². The van der Waals surface area contributed by atoms with E-state index in [-0.39, 0.29) is 6.61 Å². The van der Waals surface area contributed by atoms with Crippen molar-refractivity contribution in [3.05, 3.63) is 37.0 Å². The maximum absolute atomic E-state index is 8.50. The van der Waals surface area contributed by atoms with E-state index in [0.29, 0.717) is 26.4 Å². The molecule has 0 aliphatic rings. The first-order chi connectivity index (χ1) is 8.74. The lowest BCUT2D eigenvalue weighted by Crippen LogP contribution is -2.25. The van der Waals surface area contributed by atoms with Crippen molar-refractivity contribution in [3.63, 3.8) is 0 Å². The average Bonchev–Trinajstić information content (AvgIpc) is 2.37. The quantitative estimate of drug-likeness (QED) is 0.421. The van der Waals surface area contributed by atoms with E-state index in [2.05, 4.69) is 18.1 Å². The summed E-state index contributed by atoms with van der Waals surface area (Å²) in [5, 5.41) is 8.50. The van der Waals surface area contributed by atoms with Crippen molar-refractivity contribution in [2.45, 2.75) is 0 Å². The highest BCUT2D eigenvalue weighted by Gasteiger charge is 1.99. The minimum atomic E-state index is 0.0582. The Morgan fingerprint density at radius 3 is 2.39 bits per heavy atom. The van der Waals surface area contributed by atoms with Crippen LogP contribution in [0.15, 0.2) is 37.0 Å². The molecule has 0 saturated carbocycles. The van der Waals surface area contributed by atoms with Gasteiger partial charge in [-0.2, -0.15) is 0 Å². The molecule has 104 valence electrons. The van der Waals surface area contributed by atoms with Gasteiger partial charge in [0, 0.05) is 13.1 Å². The Balaban J connectivity index is 3.52. The zero-order chi connectivity index (χ0) is 13.6. The Hall–Kier alpha value is -0.940. The van der Waals surface area contributed by atoms with Gasteiger partial charge >= 0.3 is 0 Å². The topological polar surface area (TPSA) is 41.9 Å². The highest BCUT2D eigenvalue weighted by atomic mass is 16.5. The van der Waals surface area contributed by atoms with Crippen LogP contribution in [-0.2, 0) is 9.47 Å². The summed E-state index contributed by atoms with van der Waals surface area (Å²) in [4.78, 5) is 2.16. The molecule has 0 atom stereocenters. The molecule has 1 N–H and O–H groups in total. The number of nitrogens with zero attached hydrogens (tertiary/aromatic N) is 1. The van der Waals surface area contributed by atoms with Crippen molar-refractivity contribution >= 4 is 0 Å². The molecule has 4 nitrogen and oxygen atoms in total. The van der Waals surface area contributed by atoms with Crippen LogP contribution in [0.5, 0.6) is 0 Å². The van der Waals surface area contributed by atoms with Crippen LogP contribution in [-0.4, -0.2) is 63.2 Å². The Morgan fingerprint density at radius 2 is 1.83 bits per heavy atom. The van der Waals surface area contributed by atoms with Crippen LogP contribution in [0.1, 0.15) is 0 Å². The summed E-state index contributed by atoms with van der Waals surface area (Å²) in [6.07, 6.45) is 5.55. The van der Waals surface area contributed by atoms with Gasteiger partial charge in [-0.15, -0.1) is 0 Å². The fourth-order valence-corrected chi connectivity index (χ4v) is 1.33. The van der Waals surface area contributed by atoms with E-state index in [1.807, 2.05) is 19.2 Å². The predicted molar refractivity (Wildman–Crippen MR) is 74.7 cm³/mol. The lowest BCUT2D eigenvalue weighted by molar-refractivity contribution is 0.0287. The third-order valence-electron chi connectivity index (χ3n) is 2.27. The molecule has 0 radical (unpaired) electrons. The summed E-state index contributed by atoms with van der Waals surface area (Å²) < 4.78 is 10.5. The molecular weight excluding hydrogens is 230 g/mol. The van der Waals surface area contributed by atoms with E-state index in [1.165, 1.54) is 0 Å². The Morgan fingerprint density at radius 1 is 1.17 bits per heavy atom. The molecule has 0 rings (SSSR count). The summed E-state index contributed by atoms with van der Waals surface area (Å²) in [6.45, 7) is 11.3. The molecule has 0 aliphatic carbocycles. The molecular formula is C14H25NO3. The Labute approximate surface area is 110 Å². The minimum absolute atomic E-state index is 0.0582. The van der Waals surface area contributed by atoms with Gasteiger partial charge in [0.1, 0.15) is 0 Å². The van der Waals surface area contributed by atoms with Gasteiger partial charge in [0.25, 0.3) is 0 Å². The monoisotopic (exact) mass is 255 g/mol. The first kappa shape index (κ1) is 17.1. The fraction of sp³-hybridized carbons (Fsp3) is 0.571. The second kappa shape index (κ2) is 12.5. The highest BCUT2D eigenvalue weighted by molar-refractivity contribution is 5.22. The number of aliphatic hydroxyl groups excluding tert-OH is 1. The average molecular weight is 255 g/mol. The maximum atomic E-state index is 8.50. The molecule has 0 unspecified atom stereocenters. The third kappa shape index (κ3) is 10.2. The molecule has 0 fully saturated rings. The summed E-state index contributed by atoms with van der Waals surface area (Å²) >= 11 is 0. The van der Waals surface area contributed by atoms with Gasteiger partial charge in [0.15, 0.2) is 0 Å². The summed E-state index contributed by atoms with van der Waals surface area (Å²) in [5.74, 6) is 0. The van der Waals surface area contributed by atoms with E-state index in [1.54, 1.807) is 6.08 Å². The maximum Gasteiger partial charge on any atom is 0.0701 e. The first-order valence-corrected chi connectivity index (χ1v) is 6.13. The zero-order valence-corrected chi connectivity index (χ0v) is 11.3. The number of allylic oxidation sites excluding steroid dienone is 2. The van der Waals surface area contributed by atoms with Crippen LogP contribution in [0.25, 0.3) is 0 Å². The number of likely N-dealkylation sites (N-methyl/N-ethyl adjacent to an activating group) is 1. The fourth-order valence-electron chi connectivity index (χ4n) is 1.33. The van der Waals surface area contributed by atoms with Crippen LogP contribution in [0.4, 0.5) is 0 Å². The Kier molecular flexibility index (Phi) is 11.9. The van der Waals surface area contributed by atoms with E-state index >= 15 is 0 Å². The standard InChI is InChI=1S/C14H25NO3/c1-4-6-14(5-2)13-15(3)7-9-17-11-12-18-10-8-16/h4-6,16H,1-2,7-13H2,3H3/b14-6+. The van der Waals surface area contributed by atoms with Crippen molar-refractivity contribution in [2.75, 3.05) is 53.2 Å². The van der Waals surface area contributed by atoms with E-state index in [4.69, 9.17) is 14.6 Å². The summed E-state index contributed by atoms with van der Waals surface area (Å²) in [6, 6.07) is 0. The van der Waals surface area contributed by atoms with Crippen molar-refractivity contribution in [2.24, 2.45) is 0 Å². The molecule has 0 bridgehead atoms. The van der Waals surface area contributed by atoms with Crippen LogP contribution in [0.3, 0.4) is 0 Å². The normalized spacial score (nSPS) is 11.8. The van der Waals surface area contributed by atoms with Gasteiger partial charge in [-0.25, -0.2) is 0 Å². The molecule has 0 aromatic heterocycles. The Bertz CT molecular complexity index is 251. The lowest BCUT2D eigenvalue weighted by atomic mass is 10.2. The number of ether oxygens (including phenoxy) is 2. The van der Waals surface area contributed by atoms with Gasteiger partial charge in [0.2, 0.25) is 0 Å². The summed E-state index contributed by atoms with van der Waals surface area (Å²) in [7, 11) is 2.03. The largest absolute Gasteiger partial charge is 0.394 e. The molecule has 0 aromatic rings. The first-order valence-electron chi connectivity index (χ1n) is 6.13. The number of rotatable bonds is 12. The molecule has 4 heteroatoms. The molecule has 0 spiro atoms. The molecule has 18 heavy (non-hydrogen) atoms. The molecule has 0 aromatic carbocycles. The van der Waals surface area contributed by atoms with Gasteiger partial charge < -0.3 is 14.6 Å². The SMILES string of the molecule is C=C/C=C(\C=C)CN(C)CCOCCOCCO. The van der Waals surface area contributed by atoms with E-state index in [0.717, 1.165) is 18.7 Å². The second-order valence-electron chi connectivity index (χ2n) is 3.87. The van der Waals surface area contributed by atoms with Crippen LogP contribution < -0.4 is 0 Å². The third-order valence-corrected chi connectivity index (χ3v) is 2.27. The van der Waals surface area contributed by atoms with Gasteiger partial charge in [0.05, 0.1) is 33.0 Å². The van der Waals surface area contributed by atoms with Gasteiger partial charge in [-0.3, -0.25) is 4.90 Å². The van der Waals surface area contributed by atoms with Crippen LogP contribution >= 0.6 is 0 Å². The number of hydrogen-bond donors (Lipinski definition) is 1. The number of hydrogen-bond acceptors (Lipinski definition) is 4. The molecule has 0 amide bonds. The summed E-state index contributed by atoms with van der Waals surface area (Å²) in [5.41, 5.74) is 1.14. The minimum Gasteiger partial charge on any atom is -0.394 e. The molecule has 0 heterocycles. The second-order valence-corrected chi connectivity index (χ2v) is 3.87. The molecule has 0 saturated heterocycles. The number of aliphatic hydroxyl groups is 1. The van der Waals surface area contributed by atoms with Crippen LogP contribution in [0.2, 0.25) is 0 Å². The van der Waals surface area contributed by atoms with Crippen molar-refractivity contribution in [3.8, 4) is 0 Å². The molecule has 0 aliphatic heterocycles. The van der Waals surface area contributed by atoms with E-state index < -0.39 is 0 Å². The predicted octanol–water partition coefficient (Wildman–Crippen LogP) is 1.24. The zero-order valence-electron chi connectivity index (χ0n) is 11.3. The van der Waals surface area contributed by atoms with Crippen molar-refractivity contribution < 1.29 is 14.6 Å². The van der Waals surface area contributed by atoms with Crippen molar-refractivity contribution in [1.82, 2.24) is 4.90 Å². The van der Waals surface area contributed by atoms with Crippen molar-refractivity contribution in [1.29, 1.82) is 0 Å². The van der Waals surface area contributed by atoms with E-state index in [9.17, 15) is 0 Å².